The van der Waals surface area contributed by atoms with E-state index in [0.717, 1.165) is 34.1 Å². The number of pyridine rings is 1. The van der Waals surface area contributed by atoms with Crippen LogP contribution in [0.3, 0.4) is 0 Å². The van der Waals surface area contributed by atoms with E-state index in [2.05, 4.69) is 83.9 Å². The Morgan fingerprint density at radius 2 is 1.69 bits per heavy atom. The van der Waals surface area contributed by atoms with Crippen molar-refractivity contribution in [1.82, 2.24) is 19.4 Å². The van der Waals surface area contributed by atoms with Crippen molar-refractivity contribution in [3.63, 3.8) is 0 Å². The second-order valence-corrected chi connectivity index (χ2v) is 11.9. The summed E-state index contributed by atoms with van der Waals surface area (Å²) in [6.45, 7) is 7.08. The molecule has 176 valence electrons. The molecule has 4 atom stereocenters. The van der Waals surface area contributed by atoms with Crippen LogP contribution < -0.4 is 0 Å². The highest BCUT2D eigenvalue weighted by Crippen LogP contribution is 2.75. The van der Waals surface area contributed by atoms with Crippen LogP contribution in [0.25, 0.3) is 28.2 Å². The molecule has 0 radical (unpaired) electrons. The lowest BCUT2D eigenvalue weighted by molar-refractivity contribution is 0.157. The van der Waals surface area contributed by atoms with Gasteiger partial charge < -0.3 is 0 Å². The molecule has 0 amide bonds. The fourth-order valence-corrected chi connectivity index (χ4v) is 7.94. The third-order valence-electron chi connectivity index (χ3n) is 9.38. The number of hydrogen-bond donors (Lipinski definition) is 0. The number of rotatable bonds is 4. The largest absolute Gasteiger partial charge is 0.298 e. The molecular weight excluding hydrogens is 430 g/mol. The summed E-state index contributed by atoms with van der Waals surface area (Å²) in [4.78, 5) is 19.0. The molecule has 4 saturated carbocycles. The predicted octanol–water partition coefficient (Wildman–Crippen LogP) is 7.08. The zero-order chi connectivity index (χ0) is 23.8. The second-order valence-electron chi connectivity index (χ2n) is 11.9. The van der Waals surface area contributed by atoms with Crippen LogP contribution in [0, 0.1) is 29.1 Å². The summed E-state index contributed by atoms with van der Waals surface area (Å²) in [5, 5.41) is 0. The van der Waals surface area contributed by atoms with Gasteiger partial charge in [-0.15, -0.1) is 0 Å². The summed E-state index contributed by atoms with van der Waals surface area (Å²) < 4.78 is 2.13. The molecule has 4 aliphatic rings. The van der Waals surface area contributed by atoms with Crippen molar-refractivity contribution in [3.05, 3.63) is 66.6 Å². The van der Waals surface area contributed by atoms with Crippen molar-refractivity contribution in [2.45, 2.75) is 52.9 Å². The number of hydrogen-bond acceptors (Lipinski definition) is 4. The summed E-state index contributed by atoms with van der Waals surface area (Å²) in [5.74, 6) is 1.40. The monoisotopic (exact) mass is 461 g/mol. The molecule has 4 aliphatic carbocycles. The number of benzene rings is 1. The van der Waals surface area contributed by atoms with Gasteiger partial charge in [-0.3, -0.25) is 4.40 Å². The van der Waals surface area contributed by atoms with E-state index in [0.29, 0.717) is 16.8 Å². The van der Waals surface area contributed by atoms with Gasteiger partial charge in [0.05, 0.1) is 17.6 Å². The maximum atomic E-state index is 4.93. The predicted molar refractivity (Wildman–Crippen MR) is 140 cm³/mol. The first-order valence-electron chi connectivity index (χ1n) is 12.8. The molecule has 4 bridgehead atoms. The zero-order valence-electron chi connectivity index (χ0n) is 20.7. The Hall–Kier alpha value is -3.34. The molecule has 8 rings (SSSR count). The molecule has 0 saturated heterocycles. The Balaban J connectivity index is 1.25. The smallest absolute Gasteiger partial charge is 0.249 e. The summed E-state index contributed by atoms with van der Waals surface area (Å²) in [7, 11) is 0. The van der Waals surface area contributed by atoms with Crippen LogP contribution in [-0.2, 0) is 0 Å². The van der Waals surface area contributed by atoms with Crippen LogP contribution in [0.5, 0.6) is 0 Å². The number of aliphatic imine (C=N–C) groups is 1. The van der Waals surface area contributed by atoms with E-state index in [-0.39, 0.29) is 5.41 Å². The highest BCUT2D eigenvalue weighted by atomic mass is 15.1. The lowest BCUT2D eigenvalue weighted by Gasteiger charge is -2.37. The molecule has 3 aromatic heterocycles. The maximum absolute atomic E-state index is 4.93. The van der Waals surface area contributed by atoms with E-state index in [1.165, 1.54) is 37.7 Å². The van der Waals surface area contributed by atoms with Crippen molar-refractivity contribution in [2.75, 3.05) is 0 Å². The van der Waals surface area contributed by atoms with Crippen LogP contribution in [-0.4, -0.2) is 25.6 Å². The van der Waals surface area contributed by atoms with Crippen molar-refractivity contribution in [3.8, 4) is 22.5 Å². The molecule has 0 N–H and O–H groups in total. The Morgan fingerprint density at radius 3 is 2.43 bits per heavy atom. The lowest BCUT2D eigenvalue weighted by atomic mass is 9.68. The quantitative estimate of drug-likeness (QED) is 0.305. The Labute approximate surface area is 206 Å². The van der Waals surface area contributed by atoms with E-state index < -0.39 is 0 Å². The van der Waals surface area contributed by atoms with Crippen LogP contribution in [0.4, 0.5) is 5.95 Å². The Bertz CT molecular complexity index is 1470. The van der Waals surface area contributed by atoms with Gasteiger partial charge in [-0.2, -0.15) is 0 Å². The number of fused-ring (bicyclic) bond motifs is 1. The minimum atomic E-state index is 0.215. The topological polar surface area (TPSA) is 55.4 Å². The van der Waals surface area contributed by atoms with Gasteiger partial charge in [0.25, 0.3) is 0 Å². The number of aryl methyl sites for hydroxylation is 1. The Kier molecular flexibility index (Phi) is 4.25. The van der Waals surface area contributed by atoms with Gasteiger partial charge in [0.1, 0.15) is 5.65 Å². The van der Waals surface area contributed by atoms with Gasteiger partial charge in [0, 0.05) is 24.0 Å². The van der Waals surface area contributed by atoms with Crippen molar-refractivity contribution in [2.24, 2.45) is 27.2 Å². The van der Waals surface area contributed by atoms with E-state index in [9.17, 15) is 0 Å². The van der Waals surface area contributed by atoms with Crippen LogP contribution in [0.2, 0.25) is 0 Å². The third kappa shape index (κ3) is 3.13. The van der Waals surface area contributed by atoms with Gasteiger partial charge >= 0.3 is 0 Å². The minimum absolute atomic E-state index is 0.215. The summed E-state index contributed by atoms with van der Waals surface area (Å²) in [6.07, 6.45) is 14.7. The standard InChI is InChI=1S/C30H31N5/c1-20-14-32-27(33-19-30-13-21-11-28(2,17-30)29(3,12-21)18-30)34-26(20)24-15-31-25-10-9-23(16-35(24)25)22-7-5-4-6-8-22/h4-10,14-16,19,21H,11-13,17-18H2,1-3H3/t21?,28-,29+,30?. The van der Waals surface area contributed by atoms with Crippen molar-refractivity contribution < 1.29 is 0 Å². The number of aromatic nitrogens is 4. The minimum Gasteiger partial charge on any atom is -0.298 e. The van der Waals surface area contributed by atoms with Gasteiger partial charge in [0.2, 0.25) is 5.95 Å². The van der Waals surface area contributed by atoms with Crippen molar-refractivity contribution >= 4 is 17.8 Å². The maximum Gasteiger partial charge on any atom is 0.249 e. The van der Waals surface area contributed by atoms with Gasteiger partial charge in [-0.05, 0) is 84.6 Å². The summed E-state index contributed by atoms with van der Waals surface area (Å²) in [6, 6.07) is 14.6. The zero-order valence-corrected chi connectivity index (χ0v) is 20.7. The fraction of sp³-hybridized carbons (Fsp3) is 0.400. The average molecular weight is 462 g/mol. The highest BCUT2D eigenvalue weighted by Gasteiger charge is 2.67. The fourth-order valence-electron chi connectivity index (χ4n) is 7.94. The molecule has 4 aromatic rings. The molecule has 35 heavy (non-hydrogen) atoms. The molecule has 4 fully saturated rings. The van der Waals surface area contributed by atoms with E-state index in [1.54, 1.807) is 0 Å². The van der Waals surface area contributed by atoms with E-state index >= 15 is 0 Å². The van der Waals surface area contributed by atoms with Crippen LogP contribution in [0.15, 0.2) is 66.0 Å². The summed E-state index contributed by atoms with van der Waals surface area (Å²) in [5.41, 5.74) is 7.26. The molecular formula is C30H31N5. The van der Waals surface area contributed by atoms with Gasteiger partial charge in [0.15, 0.2) is 0 Å². The number of nitrogens with zero attached hydrogens (tertiary/aromatic N) is 5. The molecule has 0 aliphatic heterocycles. The van der Waals surface area contributed by atoms with Gasteiger partial charge in [-0.25, -0.2) is 19.9 Å². The van der Waals surface area contributed by atoms with Crippen LogP contribution in [0.1, 0.15) is 51.5 Å². The normalized spacial score (nSPS) is 31.2. The highest BCUT2D eigenvalue weighted by molar-refractivity contribution is 5.72. The van der Waals surface area contributed by atoms with E-state index in [4.69, 9.17) is 9.98 Å². The molecule has 5 nitrogen and oxygen atoms in total. The number of imidazole rings is 1. The van der Waals surface area contributed by atoms with E-state index in [1.807, 2.05) is 18.5 Å². The molecule has 5 heteroatoms. The first-order valence-corrected chi connectivity index (χ1v) is 12.8. The first-order chi connectivity index (χ1) is 16.9. The third-order valence-corrected chi connectivity index (χ3v) is 9.38. The van der Waals surface area contributed by atoms with Gasteiger partial charge in [-0.1, -0.05) is 44.2 Å². The van der Waals surface area contributed by atoms with Crippen molar-refractivity contribution in [1.29, 1.82) is 0 Å². The lowest BCUT2D eigenvalue weighted by Crippen LogP contribution is -2.30. The molecule has 1 aromatic carbocycles. The first kappa shape index (κ1) is 21.0. The molecule has 3 heterocycles. The average Bonchev–Trinajstić information content (AvgIpc) is 3.38. The van der Waals surface area contributed by atoms with Crippen LogP contribution >= 0.6 is 0 Å². The SMILES string of the molecule is Cc1cnc(N=CC23CC4C[C@@](C)(C2)[C@](C)(C4)C3)nc1-c1cnc2ccc(-c3ccccc3)cn12. The molecule has 0 spiro atoms. The second kappa shape index (κ2) is 7.09. The Morgan fingerprint density at radius 1 is 0.914 bits per heavy atom. The summed E-state index contributed by atoms with van der Waals surface area (Å²) >= 11 is 0. The molecule has 2 unspecified atom stereocenters.